The Labute approximate surface area is 244 Å². The predicted octanol–water partition coefficient (Wildman–Crippen LogP) is 9.66. The summed E-state index contributed by atoms with van der Waals surface area (Å²) in [5.41, 5.74) is 0.180. The molecular formula is C35H58O5. The fourth-order valence-corrected chi connectivity index (χ4v) is 6.94. The summed E-state index contributed by atoms with van der Waals surface area (Å²) in [4.78, 5) is 12.0. The lowest BCUT2D eigenvalue weighted by atomic mass is 9.73. The van der Waals surface area contributed by atoms with E-state index in [2.05, 4.69) is 41.5 Å². The van der Waals surface area contributed by atoms with Gasteiger partial charge in [0.1, 0.15) is 0 Å². The second kappa shape index (κ2) is 16.5. The van der Waals surface area contributed by atoms with Gasteiger partial charge in [-0.3, -0.25) is 0 Å². The normalized spacial score (nSPS) is 32.3. The number of ether oxygens (including phenoxy) is 3. The molecule has 1 aromatic carbocycles. The minimum atomic E-state index is -0.979. The number of hydrogen-bond donors (Lipinski definition) is 1. The molecule has 2 aliphatic rings. The molecule has 228 valence electrons. The van der Waals surface area contributed by atoms with E-state index in [1.807, 2.05) is 0 Å². The molecular weight excluding hydrogens is 500 g/mol. The highest BCUT2D eigenvalue weighted by atomic mass is 16.5. The number of fused-ring (bicyclic) bond motifs is 6. The Morgan fingerprint density at radius 2 is 1.12 bits per heavy atom. The molecule has 40 heavy (non-hydrogen) atoms. The molecule has 0 radical (unpaired) electrons. The molecule has 2 bridgehead atoms. The van der Waals surface area contributed by atoms with Crippen LogP contribution in [0.4, 0.5) is 0 Å². The Balaban J connectivity index is 1.94. The molecule has 0 aliphatic carbocycles. The van der Waals surface area contributed by atoms with E-state index in [4.69, 9.17) is 14.2 Å². The van der Waals surface area contributed by atoms with Gasteiger partial charge in [-0.2, -0.15) is 0 Å². The minimum Gasteiger partial charge on any atom is -0.490 e. The van der Waals surface area contributed by atoms with Crippen LogP contribution >= 0.6 is 0 Å². The summed E-state index contributed by atoms with van der Waals surface area (Å²) in [7, 11) is 0. The number of hydrogen-bond acceptors (Lipinski definition) is 4. The molecule has 0 fully saturated rings. The van der Waals surface area contributed by atoms with Crippen LogP contribution in [-0.4, -0.2) is 30.9 Å². The van der Waals surface area contributed by atoms with E-state index in [0.717, 1.165) is 42.9 Å². The highest BCUT2D eigenvalue weighted by molar-refractivity contribution is 5.89. The number of benzene rings is 1. The predicted molar refractivity (Wildman–Crippen MR) is 164 cm³/mol. The average Bonchev–Trinajstić information content (AvgIpc) is 2.88. The monoisotopic (exact) mass is 558 g/mol. The first-order valence-electron chi connectivity index (χ1n) is 16.4. The van der Waals surface area contributed by atoms with Crippen molar-refractivity contribution in [2.45, 2.75) is 119 Å². The molecule has 2 aliphatic heterocycles. The van der Waals surface area contributed by atoms with Gasteiger partial charge >= 0.3 is 5.97 Å². The molecule has 0 amide bonds. The van der Waals surface area contributed by atoms with Gasteiger partial charge in [0.2, 0.25) is 5.75 Å². The lowest BCUT2D eigenvalue weighted by Crippen LogP contribution is -2.23. The van der Waals surface area contributed by atoms with Crippen LogP contribution in [0, 0.1) is 41.4 Å². The molecule has 0 spiro atoms. The first-order valence-corrected chi connectivity index (χ1v) is 16.4. The van der Waals surface area contributed by atoms with E-state index in [9.17, 15) is 9.90 Å². The molecule has 1 aromatic rings. The van der Waals surface area contributed by atoms with Gasteiger partial charge in [-0.05, 0) is 85.7 Å². The number of carbonyl (C=O) groups is 1. The molecule has 2 heterocycles. The lowest BCUT2D eigenvalue weighted by molar-refractivity contribution is 0.0695. The van der Waals surface area contributed by atoms with Crippen LogP contribution in [0.25, 0.3) is 0 Å². The summed E-state index contributed by atoms with van der Waals surface area (Å²) in [6, 6.07) is 3.22. The maximum Gasteiger partial charge on any atom is 0.335 e. The summed E-state index contributed by atoms with van der Waals surface area (Å²) in [5, 5.41) is 9.82. The van der Waals surface area contributed by atoms with Crippen molar-refractivity contribution in [1.29, 1.82) is 0 Å². The molecule has 3 rings (SSSR count). The zero-order valence-corrected chi connectivity index (χ0v) is 26.4. The summed E-state index contributed by atoms with van der Waals surface area (Å²) in [6.45, 7) is 16.1. The Bertz CT molecular complexity index is 898. The summed E-state index contributed by atoms with van der Waals surface area (Å²) in [5.74, 6) is 5.29. The Morgan fingerprint density at radius 1 is 0.625 bits per heavy atom. The maximum atomic E-state index is 12.0. The van der Waals surface area contributed by atoms with E-state index in [1.165, 1.54) is 57.8 Å². The van der Waals surface area contributed by atoms with Gasteiger partial charge in [-0.1, -0.05) is 86.5 Å². The maximum absolute atomic E-state index is 12.0. The van der Waals surface area contributed by atoms with Crippen LogP contribution in [0.3, 0.4) is 0 Å². The SMILES string of the molecule is CC1CCCC(C)CC(C)C2CC[C@H](C)CCOc3c(cc(C(=O)O)cc3OCC[C@@H](C)CCCC2C)OCC1. The summed E-state index contributed by atoms with van der Waals surface area (Å²) < 4.78 is 18.9. The summed E-state index contributed by atoms with van der Waals surface area (Å²) in [6.07, 6.45) is 14.2. The van der Waals surface area contributed by atoms with E-state index in [1.54, 1.807) is 12.1 Å². The molecule has 7 atom stereocenters. The molecule has 5 unspecified atom stereocenters. The average molecular weight is 559 g/mol. The molecule has 1 N–H and O–H groups in total. The summed E-state index contributed by atoms with van der Waals surface area (Å²) >= 11 is 0. The molecule has 0 saturated carbocycles. The van der Waals surface area contributed by atoms with Crippen LogP contribution in [0.5, 0.6) is 17.2 Å². The van der Waals surface area contributed by atoms with Gasteiger partial charge in [-0.15, -0.1) is 0 Å². The standard InChI is InChI=1S/C35H58O5/c1-24-9-7-11-27(4)21-29(6)31-14-13-26(3)17-20-40-34-32(38-18-15-24)22-30(35(36)37)23-33(34)39-19-16-25(2)10-8-12-28(31)5/h22-29,31H,7-21H2,1-6H3,(H,36,37)/t24?,25-,26-,27?,28?,29?,31?/m0/s1. The van der Waals surface area contributed by atoms with Gasteiger partial charge < -0.3 is 19.3 Å². The first-order chi connectivity index (χ1) is 19.1. The topological polar surface area (TPSA) is 65.0 Å². The molecule has 5 heteroatoms. The van der Waals surface area contributed by atoms with E-state index in [-0.39, 0.29) is 5.56 Å². The van der Waals surface area contributed by atoms with Crippen LogP contribution in [-0.2, 0) is 0 Å². The fourth-order valence-electron chi connectivity index (χ4n) is 6.94. The fraction of sp³-hybridized carbons (Fsp3) is 0.800. The zero-order chi connectivity index (χ0) is 29.1. The van der Waals surface area contributed by atoms with Crippen molar-refractivity contribution in [3.05, 3.63) is 17.7 Å². The second-order valence-electron chi connectivity index (χ2n) is 13.7. The quantitative estimate of drug-likeness (QED) is 0.372. The van der Waals surface area contributed by atoms with Gasteiger partial charge in [-0.25, -0.2) is 4.79 Å². The van der Waals surface area contributed by atoms with Gasteiger partial charge in [0.05, 0.1) is 25.4 Å². The van der Waals surface area contributed by atoms with E-state index >= 15 is 0 Å². The number of carboxylic acid groups (broad SMARTS) is 1. The van der Waals surface area contributed by atoms with Crippen molar-refractivity contribution >= 4 is 5.97 Å². The van der Waals surface area contributed by atoms with Crippen LogP contribution in [0.1, 0.15) is 129 Å². The second-order valence-corrected chi connectivity index (χ2v) is 13.7. The highest BCUT2D eigenvalue weighted by Crippen LogP contribution is 2.41. The van der Waals surface area contributed by atoms with E-state index < -0.39 is 5.97 Å². The smallest absolute Gasteiger partial charge is 0.335 e. The molecule has 5 nitrogen and oxygen atoms in total. The first kappa shape index (κ1) is 32.6. The van der Waals surface area contributed by atoms with Gasteiger partial charge in [0.15, 0.2) is 11.5 Å². The number of rotatable bonds is 1. The third kappa shape index (κ3) is 10.5. The molecule has 0 aromatic heterocycles. The largest absolute Gasteiger partial charge is 0.490 e. The van der Waals surface area contributed by atoms with Crippen LogP contribution in [0.15, 0.2) is 12.1 Å². The Kier molecular flexibility index (Phi) is 13.5. The van der Waals surface area contributed by atoms with Crippen LogP contribution < -0.4 is 14.2 Å². The van der Waals surface area contributed by atoms with Crippen molar-refractivity contribution in [3.63, 3.8) is 0 Å². The lowest BCUT2D eigenvalue weighted by Gasteiger charge is -2.33. The van der Waals surface area contributed by atoms with Crippen molar-refractivity contribution in [3.8, 4) is 17.2 Å². The Morgan fingerprint density at radius 3 is 1.70 bits per heavy atom. The number of carboxylic acids is 1. The minimum absolute atomic E-state index is 0.180. The molecule has 0 saturated heterocycles. The third-order valence-corrected chi connectivity index (χ3v) is 9.84. The third-order valence-electron chi connectivity index (χ3n) is 9.84. The van der Waals surface area contributed by atoms with Crippen molar-refractivity contribution < 1.29 is 24.1 Å². The zero-order valence-electron chi connectivity index (χ0n) is 26.4. The van der Waals surface area contributed by atoms with Crippen molar-refractivity contribution in [2.24, 2.45) is 41.4 Å². The Hall–Kier alpha value is -1.91. The van der Waals surface area contributed by atoms with Gasteiger partial charge in [0, 0.05) is 0 Å². The van der Waals surface area contributed by atoms with Crippen molar-refractivity contribution in [2.75, 3.05) is 19.8 Å². The highest BCUT2D eigenvalue weighted by Gasteiger charge is 2.26. The van der Waals surface area contributed by atoms with E-state index in [0.29, 0.717) is 54.8 Å². The number of aromatic carboxylic acids is 1. The van der Waals surface area contributed by atoms with Crippen LogP contribution in [0.2, 0.25) is 0 Å². The van der Waals surface area contributed by atoms with Gasteiger partial charge in [0.25, 0.3) is 0 Å². The van der Waals surface area contributed by atoms with Crippen molar-refractivity contribution in [1.82, 2.24) is 0 Å².